The molecule has 1 saturated heterocycles. The Hall–Kier alpha value is -1.48. The molecule has 1 aromatic heterocycles. The topological polar surface area (TPSA) is 136 Å². The van der Waals surface area contributed by atoms with Gasteiger partial charge in [-0.2, -0.15) is 0 Å². The second kappa shape index (κ2) is 5.49. The van der Waals surface area contributed by atoms with Crippen molar-refractivity contribution in [2.24, 2.45) is 0 Å². The summed E-state index contributed by atoms with van der Waals surface area (Å²) in [5.41, 5.74) is -2.77. The summed E-state index contributed by atoms with van der Waals surface area (Å²) < 4.78 is 5.58. The van der Waals surface area contributed by atoms with E-state index in [1.165, 1.54) is 6.20 Å². The number of rotatable bonds is 4. The van der Waals surface area contributed by atoms with E-state index in [2.05, 4.69) is 9.97 Å². The largest absolute Gasteiger partial charge is 0.394 e. The minimum Gasteiger partial charge on any atom is -0.394 e. The van der Waals surface area contributed by atoms with Crippen molar-refractivity contribution in [2.75, 3.05) is 6.61 Å². The molecule has 0 radical (unpaired) electrons. The Labute approximate surface area is 114 Å². The van der Waals surface area contributed by atoms with Crippen molar-refractivity contribution in [3.05, 3.63) is 32.6 Å². The molecule has 20 heavy (non-hydrogen) atoms. The molecule has 2 rings (SSSR count). The predicted molar refractivity (Wildman–Crippen MR) is 68.2 cm³/mol. The van der Waals surface area contributed by atoms with E-state index < -0.39 is 41.8 Å². The molecule has 1 fully saturated rings. The Morgan fingerprint density at radius 2 is 2.10 bits per heavy atom. The normalized spacial score (nSPS) is 33.5. The molecule has 8 heteroatoms. The number of nitrogens with one attached hydrogen (secondary N) is 2. The van der Waals surface area contributed by atoms with Gasteiger partial charge in [-0.15, -0.1) is 0 Å². The van der Waals surface area contributed by atoms with Crippen LogP contribution in [0.15, 0.2) is 15.8 Å². The number of ether oxygens (including phenoxy) is 1. The van der Waals surface area contributed by atoms with E-state index in [1.54, 1.807) is 0 Å². The van der Waals surface area contributed by atoms with Crippen LogP contribution in [-0.2, 0) is 10.3 Å². The fourth-order valence-electron chi connectivity index (χ4n) is 2.69. The number of hydrogen-bond donors (Lipinski definition) is 5. The lowest BCUT2D eigenvalue weighted by Gasteiger charge is -2.31. The van der Waals surface area contributed by atoms with E-state index in [1.807, 2.05) is 6.92 Å². The Kier molecular flexibility index (Phi) is 4.09. The standard InChI is InChI=1S/C12H18N2O6/c1-2-3-12(6-4-13-11(19)14-10(6)18)9(17)8(16)7(5-15)20-12/h4,7-9,15-17H,2-3,5H2,1H3,(H2,13,14,18,19)/t7-,8-,9-,12+/m1/s1. The molecule has 0 bridgehead atoms. The number of aliphatic hydroxyl groups is 3. The molecule has 0 unspecified atom stereocenters. The van der Waals surface area contributed by atoms with Crippen LogP contribution in [0.2, 0.25) is 0 Å². The smallest absolute Gasteiger partial charge is 0.325 e. The van der Waals surface area contributed by atoms with Gasteiger partial charge >= 0.3 is 5.69 Å². The van der Waals surface area contributed by atoms with Crippen molar-refractivity contribution in [1.82, 2.24) is 9.97 Å². The van der Waals surface area contributed by atoms with Gasteiger partial charge in [-0.3, -0.25) is 9.78 Å². The second-order valence-electron chi connectivity index (χ2n) is 4.90. The number of aromatic amines is 2. The van der Waals surface area contributed by atoms with Gasteiger partial charge in [0.25, 0.3) is 5.56 Å². The third kappa shape index (κ3) is 2.20. The maximum absolute atomic E-state index is 11.9. The lowest BCUT2D eigenvalue weighted by atomic mass is 9.84. The molecule has 1 aliphatic rings. The van der Waals surface area contributed by atoms with E-state index in [0.29, 0.717) is 6.42 Å². The van der Waals surface area contributed by atoms with Crippen molar-refractivity contribution in [3.63, 3.8) is 0 Å². The van der Waals surface area contributed by atoms with E-state index in [4.69, 9.17) is 4.74 Å². The van der Waals surface area contributed by atoms with Gasteiger partial charge in [0, 0.05) is 6.20 Å². The molecule has 8 nitrogen and oxygen atoms in total. The highest BCUT2D eigenvalue weighted by Crippen LogP contribution is 2.41. The second-order valence-corrected chi connectivity index (χ2v) is 4.90. The van der Waals surface area contributed by atoms with Crippen LogP contribution >= 0.6 is 0 Å². The van der Waals surface area contributed by atoms with Crippen LogP contribution in [0.3, 0.4) is 0 Å². The van der Waals surface area contributed by atoms with Gasteiger partial charge in [0.05, 0.1) is 12.2 Å². The summed E-state index contributed by atoms with van der Waals surface area (Å²) in [7, 11) is 0. The average Bonchev–Trinajstić information content (AvgIpc) is 2.65. The molecule has 5 N–H and O–H groups in total. The first-order valence-corrected chi connectivity index (χ1v) is 6.43. The SMILES string of the molecule is CCC[C@@]1(c2c[nH]c(=O)[nH]c2=O)O[C@H](CO)[C@@H](O)[C@H]1O. The number of aliphatic hydroxyl groups excluding tert-OH is 3. The first-order valence-electron chi connectivity index (χ1n) is 6.43. The maximum Gasteiger partial charge on any atom is 0.325 e. The van der Waals surface area contributed by atoms with E-state index in [0.717, 1.165) is 0 Å². The molecule has 2 heterocycles. The fraction of sp³-hybridized carbons (Fsp3) is 0.667. The molecule has 0 aromatic carbocycles. The summed E-state index contributed by atoms with van der Waals surface area (Å²) in [6.45, 7) is 1.35. The quantitative estimate of drug-likeness (QED) is 0.442. The van der Waals surface area contributed by atoms with Crippen molar-refractivity contribution < 1.29 is 20.1 Å². The highest BCUT2D eigenvalue weighted by molar-refractivity contribution is 5.21. The molecular weight excluding hydrogens is 268 g/mol. The molecule has 0 spiro atoms. The van der Waals surface area contributed by atoms with Gasteiger partial charge < -0.3 is 25.0 Å². The molecule has 0 aliphatic carbocycles. The molecule has 1 aromatic rings. The van der Waals surface area contributed by atoms with Crippen LogP contribution in [0.5, 0.6) is 0 Å². The zero-order chi connectivity index (χ0) is 14.9. The van der Waals surface area contributed by atoms with E-state index in [9.17, 15) is 24.9 Å². The number of aromatic nitrogens is 2. The first-order chi connectivity index (χ1) is 9.46. The van der Waals surface area contributed by atoms with E-state index >= 15 is 0 Å². The highest BCUT2D eigenvalue weighted by atomic mass is 16.6. The zero-order valence-electron chi connectivity index (χ0n) is 11.0. The minimum absolute atomic E-state index is 0.0291. The highest BCUT2D eigenvalue weighted by Gasteiger charge is 2.55. The first kappa shape index (κ1) is 14.9. The Morgan fingerprint density at radius 1 is 1.40 bits per heavy atom. The monoisotopic (exact) mass is 286 g/mol. The molecule has 4 atom stereocenters. The van der Waals surface area contributed by atoms with Crippen molar-refractivity contribution >= 4 is 0 Å². The number of H-pyrrole nitrogens is 2. The molecular formula is C12H18N2O6. The van der Waals surface area contributed by atoms with Crippen LogP contribution in [0, 0.1) is 0 Å². The maximum atomic E-state index is 11.9. The lowest BCUT2D eigenvalue weighted by molar-refractivity contribution is -0.104. The Bertz CT molecular complexity index is 582. The van der Waals surface area contributed by atoms with Crippen LogP contribution in [0.1, 0.15) is 25.3 Å². The summed E-state index contributed by atoms with van der Waals surface area (Å²) in [6.07, 6.45) is -1.66. The molecule has 1 aliphatic heterocycles. The van der Waals surface area contributed by atoms with E-state index in [-0.39, 0.29) is 12.0 Å². The van der Waals surface area contributed by atoms with Gasteiger partial charge in [0.1, 0.15) is 23.9 Å². The van der Waals surface area contributed by atoms with Crippen molar-refractivity contribution in [1.29, 1.82) is 0 Å². The van der Waals surface area contributed by atoms with Gasteiger partial charge in [-0.25, -0.2) is 4.79 Å². The summed E-state index contributed by atoms with van der Waals surface area (Å²) in [5, 5.41) is 29.3. The summed E-state index contributed by atoms with van der Waals surface area (Å²) in [5.74, 6) is 0. The molecule has 112 valence electrons. The Morgan fingerprint density at radius 3 is 2.60 bits per heavy atom. The third-order valence-corrected chi connectivity index (χ3v) is 3.62. The van der Waals surface area contributed by atoms with Crippen LogP contribution in [0.4, 0.5) is 0 Å². The molecule has 0 saturated carbocycles. The summed E-state index contributed by atoms with van der Waals surface area (Å²) >= 11 is 0. The van der Waals surface area contributed by atoms with Crippen molar-refractivity contribution in [2.45, 2.75) is 43.7 Å². The Balaban J connectivity index is 2.55. The zero-order valence-corrected chi connectivity index (χ0v) is 11.0. The van der Waals surface area contributed by atoms with Gasteiger partial charge in [0.2, 0.25) is 0 Å². The van der Waals surface area contributed by atoms with Crippen LogP contribution < -0.4 is 11.2 Å². The lowest BCUT2D eigenvalue weighted by Crippen LogP contribution is -2.45. The van der Waals surface area contributed by atoms with Gasteiger partial charge in [-0.05, 0) is 6.42 Å². The van der Waals surface area contributed by atoms with Gasteiger partial charge in [-0.1, -0.05) is 13.3 Å². The third-order valence-electron chi connectivity index (χ3n) is 3.62. The van der Waals surface area contributed by atoms with Crippen LogP contribution in [-0.4, -0.2) is 50.2 Å². The summed E-state index contributed by atoms with van der Waals surface area (Å²) in [4.78, 5) is 27.4. The fourth-order valence-corrected chi connectivity index (χ4v) is 2.69. The van der Waals surface area contributed by atoms with Gasteiger partial charge in [0.15, 0.2) is 0 Å². The molecule has 0 amide bonds. The average molecular weight is 286 g/mol. The van der Waals surface area contributed by atoms with Crippen LogP contribution in [0.25, 0.3) is 0 Å². The van der Waals surface area contributed by atoms with Crippen molar-refractivity contribution in [3.8, 4) is 0 Å². The minimum atomic E-state index is -1.45. The predicted octanol–water partition coefficient (Wildman–Crippen LogP) is -1.83. The number of hydrogen-bond acceptors (Lipinski definition) is 6. The summed E-state index contributed by atoms with van der Waals surface area (Å²) in [6, 6.07) is 0.